The summed E-state index contributed by atoms with van der Waals surface area (Å²) in [5, 5.41) is 1.90. The maximum Gasteiger partial charge on any atom is 0.345 e. The molecule has 0 amide bonds. The quantitative estimate of drug-likeness (QED) is 0.517. The van der Waals surface area contributed by atoms with Crippen molar-refractivity contribution in [3.63, 3.8) is 0 Å². The SMILES string of the molecule is O=c1ncc2ccccc2[nH]1.O=c1ncc2ccccc2[nH]1. The molecular formula is C16H12N4O2. The Labute approximate surface area is 124 Å². The van der Waals surface area contributed by atoms with Gasteiger partial charge < -0.3 is 9.97 Å². The molecule has 2 aromatic heterocycles. The fourth-order valence-corrected chi connectivity index (χ4v) is 2.00. The number of rotatable bonds is 0. The highest BCUT2D eigenvalue weighted by atomic mass is 16.1. The predicted molar refractivity (Wildman–Crippen MR) is 84.7 cm³/mol. The third-order valence-corrected chi connectivity index (χ3v) is 3.05. The van der Waals surface area contributed by atoms with Crippen LogP contribution in [0, 0.1) is 0 Å². The first kappa shape index (κ1) is 13.7. The first-order valence-electron chi connectivity index (χ1n) is 6.60. The Kier molecular flexibility index (Phi) is 3.74. The van der Waals surface area contributed by atoms with Gasteiger partial charge in [-0.25, -0.2) is 19.6 Å². The van der Waals surface area contributed by atoms with Crippen molar-refractivity contribution in [2.75, 3.05) is 0 Å². The van der Waals surface area contributed by atoms with Crippen LogP contribution < -0.4 is 11.4 Å². The van der Waals surface area contributed by atoms with E-state index in [1.807, 2.05) is 48.5 Å². The van der Waals surface area contributed by atoms with Gasteiger partial charge in [0, 0.05) is 23.2 Å². The van der Waals surface area contributed by atoms with Crippen LogP contribution >= 0.6 is 0 Å². The van der Waals surface area contributed by atoms with Crippen LogP contribution in [0.5, 0.6) is 0 Å². The molecule has 2 N–H and O–H groups in total. The number of hydrogen-bond donors (Lipinski definition) is 2. The summed E-state index contributed by atoms with van der Waals surface area (Å²) in [7, 11) is 0. The molecule has 6 nitrogen and oxygen atoms in total. The summed E-state index contributed by atoms with van der Waals surface area (Å²) >= 11 is 0. The normalized spacial score (nSPS) is 10.2. The Hall–Kier alpha value is -3.28. The molecule has 0 unspecified atom stereocenters. The molecule has 22 heavy (non-hydrogen) atoms. The molecule has 0 aliphatic heterocycles. The van der Waals surface area contributed by atoms with E-state index < -0.39 is 0 Å². The van der Waals surface area contributed by atoms with E-state index in [1.165, 1.54) is 0 Å². The molecule has 0 aliphatic rings. The second kappa shape index (κ2) is 6.01. The summed E-state index contributed by atoms with van der Waals surface area (Å²) in [4.78, 5) is 33.9. The van der Waals surface area contributed by atoms with Gasteiger partial charge in [0.25, 0.3) is 0 Å². The van der Waals surface area contributed by atoms with Gasteiger partial charge in [-0.1, -0.05) is 36.4 Å². The smallest absolute Gasteiger partial charge is 0.305 e. The lowest BCUT2D eigenvalue weighted by atomic mass is 10.2. The molecule has 0 fully saturated rings. The largest absolute Gasteiger partial charge is 0.345 e. The van der Waals surface area contributed by atoms with Gasteiger partial charge in [-0.15, -0.1) is 0 Å². The van der Waals surface area contributed by atoms with Crippen molar-refractivity contribution in [1.29, 1.82) is 0 Å². The Balaban J connectivity index is 0.000000131. The van der Waals surface area contributed by atoms with E-state index in [-0.39, 0.29) is 11.4 Å². The molecule has 0 radical (unpaired) electrons. The van der Waals surface area contributed by atoms with Crippen molar-refractivity contribution in [2.45, 2.75) is 0 Å². The summed E-state index contributed by atoms with van der Waals surface area (Å²) in [6, 6.07) is 15.1. The minimum absolute atomic E-state index is 0.302. The number of benzene rings is 2. The predicted octanol–water partition coefficient (Wildman–Crippen LogP) is 1.85. The van der Waals surface area contributed by atoms with Gasteiger partial charge in [0.2, 0.25) is 0 Å². The van der Waals surface area contributed by atoms with Gasteiger partial charge in [-0.2, -0.15) is 0 Å². The minimum atomic E-state index is -0.302. The zero-order chi connectivity index (χ0) is 15.4. The Bertz CT molecular complexity index is 951. The van der Waals surface area contributed by atoms with Crippen molar-refractivity contribution < 1.29 is 0 Å². The van der Waals surface area contributed by atoms with Crippen LogP contribution in [0.15, 0.2) is 70.5 Å². The van der Waals surface area contributed by atoms with Crippen molar-refractivity contribution in [1.82, 2.24) is 19.9 Å². The number of aromatic nitrogens is 4. The molecule has 0 saturated carbocycles. The number of nitrogens with one attached hydrogen (secondary N) is 2. The average molecular weight is 292 g/mol. The lowest BCUT2D eigenvalue weighted by Crippen LogP contribution is -2.07. The zero-order valence-corrected chi connectivity index (χ0v) is 11.5. The van der Waals surface area contributed by atoms with E-state index in [2.05, 4.69) is 19.9 Å². The van der Waals surface area contributed by atoms with Gasteiger partial charge in [-0.3, -0.25) is 0 Å². The number of fused-ring (bicyclic) bond motifs is 2. The molecule has 0 aliphatic carbocycles. The Morgan fingerprint density at radius 2 is 1.05 bits per heavy atom. The van der Waals surface area contributed by atoms with Crippen LogP contribution in [0.2, 0.25) is 0 Å². The highest BCUT2D eigenvalue weighted by Gasteiger charge is 1.91. The molecule has 0 saturated heterocycles. The summed E-state index contributed by atoms with van der Waals surface area (Å²) in [6.45, 7) is 0. The van der Waals surface area contributed by atoms with E-state index in [0.717, 1.165) is 21.8 Å². The third kappa shape index (κ3) is 3.06. The van der Waals surface area contributed by atoms with Crippen molar-refractivity contribution >= 4 is 21.8 Å². The maximum absolute atomic E-state index is 10.7. The van der Waals surface area contributed by atoms with E-state index in [4.69, 9.17) is 0 Å². The van der Waals surface area contributed by atoms with E-state index in [1.54, 1.807) is 12.4 Å². The van der Waals surface area contributed by atoms with Crippen LogP contribution in [-0.4, -0.2) is 19.9 Å². The number of para-hydroxylation sites is 2. The number of H-pyrrole nitrogens is 2. The molecule has 6 heteroatoms. The second-order valence-electron chi connectivity index (χ2n) is 4.55. The Morgan fingerprint density at radius 1 is 0.636 bits per heavy atom. The molecular weight excluding hydrogens is 280 g/mol. The number of nitrogens with zero attached hydrogens (tertiary/aromatic N) is 2. The van der Waals surface area contributed by atoms with Crippen LogP contribution in [0.3, 0.4) is 0 Å². The standard InChI is InChI=1S/2C8H6N2O/c2*11-8-9-5-6-3-1-2-4-7(6)10-8/h2*1-5H,(H,9,10,11). The summed E-state index contributed by atoms with van der Waals surface area (Å²) < 4.78 is 0. The van der Waals surface area contributed by atoms with Gasteiger partial charge in [0.05, 0.1) is 11.0 Å². The van der Waals surface area contributed by atoms with Gasteiger partial charge in [0.1, 0.15) is 0 Å². The molecule has 0 bridgehead atoms. The average Bonchev–Trinajstić information content (AvgIpc) is 2.55. The van der Waals surface area contributed by atoms with Crippen LogP contribution in [0.25, 0.3) is 21.8 Å². The van der Waals surface area contributed by atoms with Crippen LogP contribution in [-0.2, 0) is 0 Å². The topological polar surface area (TPSA) is 91.5 Å². The molecule has 0 spiro atoms. The molecule has 0 atom stereocenters. The molecule has 2 aromatic carbocycles. The minimum Gasteiger partial charge on any atom is -0.305 e. The van der Waals surface area contributed by atoms with Gasteiger partial charge in [-0.05, 0) is 12.1 Å². The first-order valence-corrected chi connectivity index (χ1v) is 6.60. The molecule has 4 aromatic rings. The van der Waals surface area contributed by atoms with Gasteiger partial charge in [0.15, 0.2) is 0 Å². The van der Waals surface area contributed by atoms with E-state index in [9.17, 15) is 9.59 Å². The van der Waals surface area contributed by atoms with Crippen molar-refractivity contribution in [2.24, 2.45) is 0 Å². The zero-order valence-electron chi connectivity index (χ0n) is 11.5. The molecule has 4 rings (SSSR count). The summed E-state index contributed by atoms with van der Waals surface area (Å²) in [5.41, 5.74) is 1.05. The first-order chi connectivity index (χ1) is 10.7. The highest BCUT2D eigenvalue weighted by Crippen LogP contribution is 2.05. The van der Waals surface area contributed by atoms with Crippen LogP contribution in [0.1, 0.15) is 0 Å². The van der Waals surface area contributed by atoms with E-state index >= 15 is 0 Å². The van der Waals surface area contributed by atoms with Crippen molar-refractivity contribution in [3.8, 4) is 0 Å². The third-order valence-electron chi connectivity index (χ3n) is 3.05. The lowest BCUT2D eigenvalue weighted by Gasteiger charge is -1.92. The maximum atomic E-state index is 10.7. The molecule has 108 valence electrons. The fourth-order valence-electron chi connectivity index (χ4n) is 2.00. The highest BCUT2D eigenvalue weighted by molar-refractivity contribution is 5.77. The second-order valence-corrected chi connectivity index (χ2v) is 4.55. The summed E-state index contributed by atoms with van der Waals surface area (Å²) in [5.74, 6) is 0. The van der Waals surface area contributed by atoms with Gasteiger partial charge >= 0.3 is 11.4 Å². The monoisotopic (exact) mass is 292 g/mol. The number of hydrogen-bond acceptors (Lipinski definition) is 4. The summed E-state index contributed by atoms with van der Waals surface area (Å²) in [6.07, 6.45) is 3.13. The van der Waals surface area contributed by atoms with Crippen molar-refractivity contribution in [3.05, 3.63) is 81.9 Å². The fraction of sp³-hybridized carbons (Fsp3) is 0. The van der Waals surface area contributed by atoms with E-state index in [0.29, 0.717) is 0 Å². The Morgan fingerprint density at radius 3 is 1.50 bits per heavy atom. The number of aromatic amines is 2. The lowest BCUT2D eigenvalue weighted by molar-refractivity contribution is 1.12. The van der Waals surface area contributed by atoms with Crippen LogP contribution in [0.4, 0.5) is 0 Å². The molecule has 2 heterocycles.